The molecule has 0 bridgehead atoms. The predicted molar refractivity (Wildman–Crippen MR) is 163 cm³/mol. The van der Waals surface area contributed by atoms with Crippen LogP contribution in [0.15, 0.2) is 53.3 Å². The molecule has 1 unspecified atom stereocenters. The molecule has 0 N–H and O–H groups in total. The maximum Gasteiger partial charge on any atom is 0.258 e. The third-order valence-electron chi connectivity index (χ3n) is 7.97. The monoisotopic (exact) mass is 555 g/mol. The highest BCUT2D eigenvalue weighted by Gasteiger charge is 2.38. The lowest BCUT2D eigenvalue weighted by atomic mass is 9.97. The van der Waals surface area contributed by atoms with E-state index in [9.17, 15) is 10.1 Å². The summed E-state index contributed by atoms with van der Waals surface area (Å²) < 4.78 is 10.2. The molecule has 0 saturated carbocycles. The predicted octanol–water partition coefficient (Wildman–Crippen LogP) is 6.69. The van der Waals surface area contributed by atoms with Crippen molar-refractivity contribution in [2.45, 2.75) is 91.6 Å². The van der Waals surface area contributed by atoms with Gasteiger partial charge in [-0.2, -0.15) is 15.3 Å². The topological polar surface area (TPSA) is 85.2 Å². The van der Waals surface area contributed by atoms with E-state index in [1.807, 2.05) is 66.9 Å². The van der Waals surface area contributed by atoms with Crippen molar-refractivity contribution >= 4 is 14.1 Å². The SMILES string of the molecule is CCCc1c(Cc2ccc(-c3ccccc3C#N)cc2)c(=O)n(CC(C)O[Si](C)(C)C(C)(C)C)c2nc(C)nn12. The first-order chi connectivity index (χ1) is 18.9. The van der Waals surface area contributed by atoms with Gasteiger partial charge in [-0.25, -0.2) is 4.52 Å². The molecule has 7 nitrogen and oxygen atoms in total. The first kappa shape index (κ1) is 29.4. The van der Waals surface area contributed by atoms with Crippen LogP contribution < -0.4 is 5.56 Å². The Balaban J connectivity index is 1.75. The number of nitriles is 1. The van der Waals surface area contributed by atoms with Crippen molar-refractivity contribution < 1.29 is 4.43 Å². The normalized spacial score (nSPS) is 13.0. The fourth-order valence-corrected chi connectivity index (χ4v) is 6.35. The fraction of sp³-hybridized carbons (Fsp3) is 0.438. The van der Waals surface area contributed by atoms with Gasteiger partial charge in [0.25, 0.3) is 5.56 Å². The molecular weight excluding hydrogens is 514 g/mol. The van der Waals surface area contributed by atoms with Crippen LogP contribution in [0.2, 0.25) is 18.1 Å². The second-order valence-corrected chi connectivity index (χ2v) is 16.9. The average molecular weight is 556 g/mol. The number of nitrogens with zero attached hydrogens (tertiary/aromatic N) is 5. The van der Waals surface area contributed by atoms with Crippen LogP contribution in [0.4, 0.5) is 0 Å². The molecule has 0 fully saturated rings. The molecule has 0 amide bonds. The number of hydrogen-bond donors (Lipinski definition) is 0. The average Bonchev–Trinajstić information content (AvgIpc) is 3.29. The molecule has 0 aliphatic heterocycles. The minimum atomic E-state index is -2.02. The van der Waals surface area contributed by atoms with Crippen LogP contribution in [0.3, 0.4) is 0 Å². The van der Waals surface area contributed by atoms with E-state index in [2.05, 4.69) is 51.8 Å². The van der Waals surface area contributed by atoms with Crippen LogP contribution in [-0.4, -0.2) is 33.6 Å². The molecule has 2 heterocycles. The van der Waals surface area contributed by atoms with Gasteiger partial charge in [0, 0.05) is 12.0 Å². The number of hydrogen-bond acceptors (Lipinski definition) is 5. The summed E-state index contributed by atoms with van der Waals surface area (Å²) in [5.74, 6) is 1.21. The van der Waals surface area contributed by atoms with E-state index < -0.39 is 8.32 Å². The van der Waals surface area contributed by atoms with Crippen molar-refractivity contribution in [3.8, 4) is 17.2 Å². The summed E-state index contributed by atoms with van der Waals surface area (Å²) in [7, 11) is -2.02. The molecule has 2 aromatic carbocycles. The molecule has 40 heavy (non-hydrogen) atoms. The maximum atomic E-state index is 14.2. The van der Waals surface area contributed by atoms with E-state index in [0.717, 1.165) is 40.8 Å². The Morgan fingerprint density at radius 3 is 2.40 bits per heavy atom. The molecular formula is C32H41N5O2Si. The van der Waals surface area contributed by atoms with Crippen LogP contribution in [0.5, 0.6) is 0 Å². The molecule has 2 aromatic heterocycles. The molecule has 0 spiro atoms. The first-order valence-corrected chi connectivity index (χ1v) is 17.0. The Kier molecular flexibility index (Phi) is 8.48. The molecule has 0 aliphatic carbocycles. The highest BCUT2D eigenvalue weighted by atomic mass is 28.4. The lowest BCUT2D eigenvalue weighted by molar-refractivity contribution is 0.178. The Morgan fingerprint density at radius 2 is 1.77 bits per heavy atom. The summed E-state index contributed by atoms with van der Waals surface area (Å²) in [6.07, 6.45) is 1.96. The fourth-order valence-electron chi connectivity index (χ4n) is 4.91. The van der Waals surface area contributed by atoms with Gasteiger partial charge in [-0.1, -0.05) is 76.6 Å². The lowest BCUT2D eigenvalue weighted by Crippen LogP contribution is -2.45. The van der Waals surface area contributed by atoms with Gasteiger partial charge in [-0.15, -0.1) is 0 Å². The van der Waals surface area contributed by atoms with E-state index in [0.29, 0.717) is 30.1 Å². The second kappa shape index (κ2) is 11.5. The molecule has 4 rings (SSSR count). The largest absolute Gasteiger partial charge is 0.412 e. The summed E-state index contributed by atoms with van der Waals surface area (Å²) in [6.45, 7) is 17.6. The first-order valence-electron chi connectivity index (χ1n) is 14.1. The quantitative estimate of drug-likeness (QED) is 0.215. The summed E-state index contributed by atoms with van der Waals surface area (Å²) >= 11 is 0. The van der Waals surface area contributed by atoms with Crippen LogP contribution >= 0.6 is 0 Å². The van der Waals surface area contributed by atoms with Crippen molar-refractivity contribution in [1.82, 2.24) is 19.2 Å². The number of benzene rings is 2. The Hall–Kier alpha value is -3.54. The highest BCUT2D eigenvalue weighted by Crippen LogP contribution is 2.37. The minimum absolute atomic E-state index is 0.0343. The van der Waals surface area contributed by atoms with E-state index in [1.165, 1.54) is 0 Å². The molecule has 1 atom stereocenters. The summed E-state index contributed by atoms with van der Waals surface area (Å²) in [6, 6.07) is 18.0. The Bertz CT molecular complexity index is 1600. The molecule has 0 radical (unpaired) electrons. The molecule has 210 valence electrons. The summed E-state index contributed by atoms with van der Waals surface area (Å²) in [5, 5.41) is 14.3. The maximum absolute atomic E-state index is 14.2. The lowest BCUT2D eigenvalue weighted by Gasteiger charge is -2.38. The third kappa shape index (κ3) is 5.96. The number of rotatable bonds is 9. The highest BCUT2D eigenvalue weighted by molar-refractivity contribution is 6.74. The van der Waals surface area contributed by atoms with Crippen molar-refractivity contribution in [1.29, 1.82) is 5.26 Å². The van der Waals surface area contributed by atoms with Crippen molar-refractivity contribution in [2.75, 3.05) is 0 Å². The van der Waals surface area contributed by atoms with Gasteiger partial charge in [-0.05, 0) is 61.2 Å². The number of fused-ring (bicyclic) bond motifs is 1. The van der Waals surface area contributed by atoms with Crippen LogP contribution in [0, 0.1) is 18.3 Å². The molecule has 4 aromatic rings. The van der Waals surface area contributed by atoms with Crippen LogP contribution in [0.1, 0.15) is 69.2 Å². The van der Waals surface area contributed by atoms with Gasteiger partial charge in [0.1, 0.15) is 5.82 Å². The second-order valence-electron chi connectivity index (χ2n) is 12.2. The van der Waals surface area contributed by atoms with Crippen molar-refractivity contribution in [3.05, 3.63) is 87.1 Å². The van der Waals surface area contributed by atoms with Crippen molar-refractivity contribution in [2.24, 2.45) is 0 Å². The zero-order valence-electron chi connectivity index (χ0n) is 25.1. The van der Waals surface area contributed by atoms with E-state index in [4.69, 9.17) is 9.52 Å². The standard InChI is InChI=1S/C32H41N5O2Si/c1-9-12-29-28(19-24-15-17-25(18-16-24)27-14-11-10-13-26(27)20-33)30(38)36(31-34-23(3)35-37(29)31)21-22(2)39-40(7,8)32(4,5)6/h10-11,13-18,22H,9,12,19,21H2,1-8H3. The van der Waals surface area contributed by atoms with Gasteiger partial charge in [-0.3, -0.25) is 9.36 Å². The summed E-state index contributed by atoms with van der Waals surface area (Å²) in [5.41, 5.74) is 5.17. The van der Waals surface area contributed by atoms with Crippen LogP contribution in [0.25, 0.3) is 16.9 Å². The zero-order chi connectivity index (χ0) is 29.2. The van der Waals surface area contributed by atoms with Gasteiger partial charge >= 0.3 is 0 Å². The Morgan fingerprint density at radius 1 is 1.10 bits per heavy atom. The van der Waals surface area contributed by atoms with Gasteiger partial charge in [0.2, 0.25) is 5.78 Å². The zero-order valence-corrected chi connectivity index (χ0v) is 26.1. The third-order valence-corrected chi connectivity index (χ3v) is 12.6. The van der Waals surface area contributed by atoms with Gasteiger partial charge in [0.05, 0.1) is 30.0 Å². The van der Waals surface area contributed by atoms with E-state index >= 15 is 0 Å². The van der Waals surface area contributed by atoms with Crippen LogP contribution in [-0.2, 0) is 23.8 Å². The van der Waals surface area contributed by atoms with Gasteiger partial charge < -0.3 is 4.43 Å². The van der Waals surface area contributed by atoms with Gasteiger partial charge in [0.15, 0.2) is 8.32 Å². The molecule has 0 aliphatic rings. The number of aromatic nitrogens is 4. The van der Waals surface area contributed by atoms with Crippen molar-refractivity contribution in [3.63, 3.8) is 0 Å². The smallest absolute Gasteiger partial charge is 0.258 e. The van der Waals surface area contributed by atoms with E-state index in [1.54, 1.807) is 4.57 Å². The molecule has 8 heteroatoms. The molecule has 0 saturated heterocycles. The number of aryl methyl sites for hydroxylation is 2. The minimum Gasteiger partial charge on any atom is -0.412 e. The Labute approximate surface area is 238 Å². The summed E-state index contributed by atoms with van der Waals surface area (Å²) in [4.78, 5) is 18.8. The van der Waals surface area contributed by atoms with E-state index in [-0.39, 0.29) is 16.7 Å².